The highest BCUT2D eigenvalue weighted by Gasteiger charge is 2.39. The topological polar surface area (TPSA) is 47.0 Å². The molecule has 0 aromatic carbocycles. The van der Waals surface area contributed by atoms with Crippen molar-refractivity contribution >= 4 is 0 Å². The van der Waals surface area contributed by atoms with Crippen LogP contribution in [0.5, 0.6) is 0 Å². The Bertz CT molecular complexity index is 407. The van der Waals surface area contributed by atoms with Crippen LogP contribution in [0.4, 0.5) is 0 Å². The van der Waals surface area contributed by atoms with Crippen molar-refractivity contribution in [3.05, 3.63) is 23.8 Å². The summed E-state index contributed by atoms with van der Waals surface area (Å²) in [6, 6.07) is 0. The van der Waals surface area contributed by atoms with E-state index < -0.39 is 0 Å². The fraction of sp³-hybridized carbons (Fsp3) is 0.750. The van der Waals surface area contributed by atoms with Gasteiger partial charge in [-0.05, 0) is 38.1 Å². The average molecular weight is 277 g/mol. The number of aromatic nitrogens is 2. The van der Waals surface area contributed by atoms with Crippen molar-refractivity contribution < 1.29 is 4.74 Å². The van der Waals surface area contributed by atoms with Crippen molar-refractivity contribution in [3.63, 3.8) is 0 Å². The van der Waals surface area contributed by atoms with E-state index in [2.05, 4.69) is 29.1 Å². The maximum atomic E-state index is 5.83. The van der Waals surface area contributed by atoms with E-state index in [0.717, 1.165) is 43.7 Å². The van der Waals surface area contributed by atoms with E-state index in [1.165, 1.54) is 12.8 Å². The Morgan fingerprint density at radius 2 is 2.15 bits per heavy atom. The summed E-state index contributed by atoms with van der Waals surface area (Å²) >= 11 is 0. The first-order valence-electron chi connectivity index (χ1n) is 7.77. The van der Waals surface area contributed by atoms with Crippen LogP contribution in [0.1, 0.15) is 57.3 Å². The Morgan fingerprint density at radius 3 is 2.75 bits per heavy atom. The fourth-order valence-corrected chi connectivity index (χ4v) is 3.07. The molecule has 0 aliphatic heterocycles. The molecule has 4 heteroatoms. The van der Waals surface area contributed by atoms with E-state index in [4.69, 9.17) is 4.74 Å². The first-order chi connectivity index (χ1) is 9.70. The molecule has 20 heavy (non-hydrogen) atoms. The van der Waals surface area contributed by atoms with E-state index in [1.54, 1.807) is 7.11 Å². The highest BCUT2D eigenvalue weighted by atomic mass is 16.5. The van der Waals surface area contributed by atoms with Crippen molar-refractivity contribution in [1.82, 2.24) is 15.3 Å². The largest absolute Gasteiger partial charge is 0.370 e. The highest BCUT2D eigenvalue weighted by molar-refractivity contribution is 5.11. The summed E-state index contributed by atoms with van der Waals surface area (Å²) in [6.45, 7) is 6.32. The molecule has 1 saturated carbocycles. The predicted octanol–water partition coefficient (Wildman–Crippen LogP) is 3.03. The van der Waals surface area contributed by atoms with Crippen molar-refractivity contribution in [1.29, 1.82) is 0 Å². The Hall–Kier alpha value is -1.00. The van der Waals surface area contributed by atoms with Gasteiger partial charge in [-0.3, -0.25) is 0 Å². The van der Waals surface area contributed by atoms with Gasteiger partial charge in [0.1, 0.15) is 5.60 Å². The molecule has 1 aromatic rings. The summed E-state index contributed by atoms with van der Waals surface area (Å²) in [4.78, 5) is 9.16. The van der Waals surface area contributed by atoms with Gasteiger partial charge >= 0.3 is 0 Å². The molecule has 2 unspecified atom stereocenters. The molecule has 4 nitrogen and oxygen atoms in total. The lowest BCUT2D eigenvalue weighted by Gasteiger charge is -2.37. The Kier molecular flexibility index (Phi) is 5.49. The minimum atomic E-state index is -0.271. The third kappa shape index (κ3) is 3.55. The zero-order valence-electron chi connectivity index (χ0n) is 13.0. The molecule has 0 radical (unpaired) electrons. The molecule has 1 N–H and O–H groups in total. The molecule has 112 valence electrons. The lowest BCUT2D eigenvalue weighted by Crippen LogP contribution is -2.36. The van der Waals surface area contributed by atoms with E-state index in [-0.39, 0.29) is 5.60 Å². The number of rotatable bonds is 6. The highest BCUT2D eigenvalue weighted by Crippen LogP contribution is 2.40. The van der Waals surface area contributed by atoms with Crippen molar-refractivity contribution in [2.75, 3.05) is 13.7 Å². The van der Waals surface area contributed by atoms with E-state index in [9.17, 15) is 0 Å². The Morgan fingerprint density at radius 1 is 1.40 bits per heavy atom. The van der Waals surface area contributed by atoms with Crippen LogP contribution in [0, 0.1) is 5.92 Å². The van der Waals surface area contributed by atoms with Gasteiger partial charge in [-0.15, -0.1) is 0 Å². The van der Waals surface area contributed by atoms with E-state index in [1.807, 2.05) is 12.4 Å². The maximum absolute atomic E-state index is 5.83. The van der Waals surface area contributed by atoms with Crippen LogP contribution >= 0.6 is 0 Å². The molecular formula is C16H27N3O. The average Bonchev–Trinajstić information content (AvgIpc) is 2.48. The van der Waals surface area contributed by atoms with E-state index in [0.29, 0.717) is 5.92 Å². The quantitative estimate of drug-likeness (QED) is 0.812. The summed E-state index contributed by atoms with van der Waals surface area (Å²) in [5, 5.41) is 3.37. The first-order valence-corrected chi connectivity index (χ1v) is 7.77. The summed E-state index contributed by atoms with van der Waals surface area (Å²) in [6.07, 6.45) is 9.54. The third-order valence-corrected chi connectivity index (χ3v) is 4.22. The zero-order chi connectivity index (χ0) is 14.4. The second-order valence-corrected chi connectivity index (χ2v) is 5.99. The lowest BCUT2D eigenvalue weighted by atomic mass is 9.78. The zero-order valence-corrected chi connectivity index (χ0v) is 13.0. The standard InChI is InChI=1S/C16H27N3O/c1-4-8-17-10-14-11-18-15(19-12-14)16(20-3)7-5-6-13(2)9-16/h11-13,17H,4-10H2,1-3H3. The molecule has 2 atom stereocenters. The summed E-state index contributed by atoms with van der Waals surface area (Å²) in [5.41, 5.74) is 0.866. The molecule has 2 rings (SSSR count). The van der Waals surface area contributed by atoms with Crippen molar-refractivity contribution in [3.8, 4) is 0 Å². The molecule has 1 heterocycles. The summed E-state index contributed by atoms with van der Waals surface area (Å²) < 4.78 is 5.83. The second-order valence-electron chi connectivity index (χ2n) is 5.99. The molecule has 0 spiro atoms. The molecule has 0 amide bonds. The minimum absolute atomic E-state index is 0.271. The second kappa shape index (κ2) is 7.14. The number of nitrogens with one attached hydrogen (secondary N) is 1. The molecule has 1 aromatic heterocycles. The minimum Gasteiger partial charge on any atom is -0.370 e. The molecule has 0 saturated heterocycles. The van der Waals surface area contributed by atoms with Crippen LogP contribution in [0.2, 0.25) is 0 Å². The van der Waals surface area contributed by atoms with Crippen LogP contribution in [-0.2, 0) is 16.9 Å². The first kappa shape index (κ1) is 15.4. The number of nitrogens with zero attached hydrogens (tertiary/aromatic N) is 2. The predicted molar refractivity (Wildman–Crippen MR) is 80.3 cm³/mol. The van der Waals surface area contributed by atoms with Crippen LogP contribution in [0.3, 0.4) is 0 Å². The Balaban J connectivity index is 2.07. The number of methoxy groups -OCH3 is 1. The fourth-order valence-electron chi connectivity index (χ4n) is 3.07. The summed E-state index contributed by atoms with van der Waals surface area (Å²) in [7, 11) is 1.79. The Labute approximate surface area is 122 Å². The normalized spacial score (nSPS) is 26.6. The maximum Gasteiger partial charge on any atom is 0.160 e. The molecule has 0 bridgehead atoms. The monoisotopic (exact) mass is 277 g/mol. The molecule has 1 fully saturated rings. The van der Waals surface area contributed by atoms with E-state index >= 15 is 0 Å². The molecule has 1 aliphatic rings. The number of hydrogen-bond donors (Lipinski definition) is 1. The van der Waals surface area contributed by atoms with Crippen molar-refractivity contribution in [2.45, 2.75) is 58.1 Å². The van der Waals surface area contributed by atoms with Gasteiger partial charge < -0.3 is 10.1 Å². The number of ether oxygens (including phenoxy) is 1. The van der Waals surface area contributed by atoms with Gasteiger partial charge in [-0.25, -0.2) is 9.97 Å². The molecule has 1 aliphatic carbocycles. The van der Waals surface area contributed by atoms with Crippen LogP contribution in [0.15, 0.2) is 12.4 Å². The van der Waals surface area contributed by atoms with Gasteiger partial charge in [0, 0.05) is 31.6 Å². The SMILES string of the molecule is CCCNCc1cnc(C2(OC)CCCC(C)C2)nc1. The van der Waals surface area contributed by atoms with Gasteiger partial charge in [0.15, 0.2) is 5.82 Å². The van der Waals surface area contributed by atoms with Crippen molar-refractivity contribution in [2.24, 2.45) is 5.92 Å². The van der Waals surface area contributed by atoms with Crippen LogP contribution in [0.25, 0.3) is 0 Å². The third-order valence-electron chi connectivity index (χ3n) is 4.22. The van der Waals surface area contributed by atoms with Gasteiger partial charge in [0.05, 0.1) is 0 Å². The van der Waals surface area contributed by atoms with Gasteiger partial charge in [0.2, 0.25) is 0 Å². The van der Waals surface area contributed by atoms with Crippen LogP contribution in [-0.4, -0.2) is 23.6 Å². The summed E-state index contributed by atoms with van der Waals surface area (Å²) in [5.74, 6) is 1.53. The van der Waals surface area contributed by atoms with Gasteiger partial charge in [0.25, 0.3) is 0 Å². The van der Waals surface area contributed by atoms with Crippen LogP contribution < -0.4 is 5.32 Å². The van der Waals surface area contributed by atoms with Gasteiger partial charge in [-0.1, -0.05) is 20.3 Å². The van der Waals surface area contributed by atoms with Gasteiger partial charge in [-0.2, -0.15) is 0 Å². The smallest absolute Gasteiger partial charge is 0.160 e. The molecular weight excluding hydrogens is 250 g/mol. The number of hydrogen-bond acceptors (Lipinski definition) is 4. The lowest BCUT2D eigenvalue weighted by molar-refractivity contribution is -0.0646.